The fourth-order valence-electron chi connectivity index (χ4n) is 1.36. The standard InChI is InChI=1S/C12H22N2O7/c1-20-6-7-21-5-3-2-4-13-12(19)14-9(11(17)18)8-10(15)16/h9H,2-8H2,1H3,(H,15,16)(H,17,18)(H2,13,14,19)/t9-/m1/s1. The molecule has 0 rings (SSSR count). The van der Waals surface area contributed by atoms with E-state index in [4.69, 9.17) is 19.7 Å². The third-order valence-corrected chi connectivity index (χ3v) is 2.41. The summed E-state index contributed by atoms with van der Waals surface area (Å²) in [5.41, 5.74) is 0. The molecule has 0 aromatic heterocycles. The number of ether oxygens (including phenoxy) is 2. The minimum absolute atomic E-state index is 0.346. The number of nitrogens with one attached hydrogen (secondary N) is 2. The molecule has 0 unspecified atom stereocenters. The molecule has 9 heteroatoms. The fraction of sp³-hybridized carbons (Fsp3) is 0.750. The second-order valence-corrected chi connectivity index (χ2v) is 4.20. The number of carboxylic acid groups (broad SMARTS) is 2. The van der Waals surface area contributed by atoms with Crippen molar-refractivity contribution in [2.45, 2.75) is 25.3 Å². The van der Waals surface area contributed by atoms with Gasteiger partial charge in [0.05, 0.1) is 19.6 Å². The molecule has 0 aromatic rings. The zero-order chi connectivity index (χ0) is 16.1. The monoisotopic (exact) mass is 306 g/mol. The zero-order valence-electron chi connectivity index (χ0n) is 12.0. The van der Waals surface area contributed by atoms with Gasteiger partial charge in [-0.05, 0) is 12.8 Å². The summed E-state index contributed by atoms with van der Waals surface area (Å²) >= 11 is 0. The Balaban J connectivity index is 3.69. The van der Waals surface area contributed by atoms with Crippen molar-refractivity contribution >= 4 is 18.0 Å². The van der Waals surface area contributed by atoms with Crippen LogP contribution >= 0.6 is 0 Å². The van der Waals surface area contributed by atoms with Crippen molar-refractivity contribution in [3.05, 3.63) is 0 Å². The number of carbonyl (C=O) groups is 3. The number of rotatable bonds is 12. The van der Waals surface area contributed by atoms with Gasteiger partial charge in [0.15, 0.2) is 0 Å². The van der Waals surface area contributed by atoms with Gasteiger partial charge in [0.2, 0.25) is 0 Å². The van der Waals surface area contributed by atoms with Crippen LogP contribution in [0.4, 0.5) is 4.79 Å². The van der Waals surface area contributed by atoms with Crippen LogP contribution in [0, 0.1) is 0 Å². The Morgan fingerprint density at radius 1 is 1.10 bits per heavy atom. The van der Waals surface area contributed by atoms with Crippen LogP contribution in [0.5, 0.6) is 0 Å². The van der Waals surface area contributed by atoms with E-state index in [0.29, 0.717) is 32.8 Å². The van der Waals surface area contributed by atoms with Crippen LogP contribution in [0.15, 0.2) is 0 Å². The number of hydrogen-bond donors (Lipinski definition) is 4. The largest absolute Gasteiger partial charge is 0.481 e. The quantitative estimate of drug-likeness (QED) is 0.362. The normalized spacial score (nSPS) is 11.7. The molecule has 1 atom stereocenters. The molecule has 0 saturated carbocycles. The van der Waals surface area contributed by atoms with E-state index in [1.807, 2.05) is 0 Å². The molecule has 0 fully saturated rings. The minimum atomic E-state index is -1.44. The molecule has 0 heterocycles. The van der Waals surface area contributed by atoms with E-state index in [2.05, 4.69) is 10.6 Å². The second kappa shape index (κ2) is 11.9. The highest BCUT2D eigenvalue weighted by Gasteiger charge is 2.22. The summed E-state index contributed by atoms with van der Waals surface area (Å²) in [6.45, 7) is 1.93. The zero-order valence-corrected chi connectivity index (χ0v) is 12.0. The minimum Gasteiger partial charge on any atom is -0.481 e. The molecule has 0 radical (unpaired) electrons. The lowest BCUT2D eigenvalue weighted by atomic mass is 10.2. The van der Waals surface area contributed by atoms with Crippen LogP contribution in [-0.4, -0.2) is 67.7 Å². The van der Waals surface area contributed by atoms with Crippen molar-refractivity contribution in [2.75, 3.05) is 33.5 Å². The van der Waals surface area contributed by atoms with E-state index in [-0.39, 0.29) is 0 Å². The van der Waals surface area contributed by atoms with Crippen LogP contribution in [0.3, 0.4) is 0 Å². The molecule has 0 aliphatic carbocycles. The summed E-state index contributed by atoms with van der Waals surface area (Å²) in [4.78, 5) is 32.6. The van der Waals surface area contributed by atoms with Gasteiger partial charge in [0, 0.05) is 20.3 Å². The van der Waals surface area contributed by atoms with Crippen molar-refractivity contribution in [3.63, 3.8) is 0 Å². The van der Waals surface area contributed by atoms with Crippen molar-refractivity contribution in [2.24, 2.45) is 0 Å². The summed E-state index contributed by atoms with van der Waals surface area (Å²) < 4.78 is 10.0. The van der Waals surface area contributed by atoms with E-state index in [1.54, 1.807) is 7.11 Å². The first-order valence-electron chi connectivity index (χ1n) is 6.53. The number of methoxy groups -OCH3 is 1. The van der Waals surface area contributed by atoms with E-state index >= 15 is 0 Å². The molecule has 0 bridgehead atoms. The molecule has 2 amide bonds. The van der Waals surface area contributed by atoms with Gasteiger partial charge in [0.1, 0.15) is 6.04 Å². The highest BCUT2D eigenvalue weighted by atomic mass is 16.5. The van der Waals surface area contributed by atoms with Crippen molar-refractivity contribution < 1.29 is 34.1 Å². The van der Waals surface area contributed by atoms with Crippen LogP contribution in [-0.2, 0) is 19.1 Å². The molecule has 122 valence electrons. The van der Waals surface area contributed by atoms with E-state index in [0.717, 1.165) is 6.42 Å². The van der Waals surface area contributed by atoms with Crippen LogP contribution < -0.4 is 10.6 Å². The molecule has 21 heavy (non-hydrogen) atoms. The number of hydrogen-bond acceptors (Lipinski definition) is 5. The van der Waals surface area contributed by atoms with Gasteiger partial charge < -0.3 is 30.3 Å². The number of carbonyl (C=O) groups excluding carboxylic acids is 1. The molecule has 0 aliphatic rings. The van der Waals surface area contributed by atoms with Crippen LogP contribution in [0.1, 0.15) is 19.3 Å². The van der Waals surface area contributed by atoms with Gasteiger partial charge in [-0.25, -0.2) is 9.59 Å². The smallest absolute Gasteiger partial charge is 0.326 e. The van der Waals surface area contributed by atoms with Gasteiger partial charge in [-0.1, -0.05) is 0 Å². The summed E-state index contributed by atoms with van der Waals surface area (Å²) in [6.07, 6.45) is 0.731. The molecule has 0 aromatic carbocycles. The van der Waals surface area contributed by atoms with Crippen molar-refractivity contribution in [1.82, 2.24) is 10.6 Å². The predicted molar refractivity (Wildman–Crippen MR) is 72.1 cm³/mol. The Labute approximate surface area is 122 Å². The number of aliphatic carboxylic acids is 2. The Kier molecular flexibility index (Phi) is 10.9. The lowest BCUT2D eigenvalue weighted by Gasteiger charge is -2.13. The summed E-state index contributed by atoms with van der Waals surface area (Å²) in [6, 6.07) is -2.15. The molecule has 0 aliphatic heterocycles. The Hall–Kier alpha value is -1.87. The molecule has 0 saturated heterocycles. The Morgan fingerprint density at radius 3 is 2.38 bits per heavy atom. The Bertz CT molecular complexity index is 336. The first-order valence-corrected chi connectivity index (χ1v) is 6.53. The van der Waals surface area contributed by atoms with E-state index in [9.17, 15) is 14.4 Å². The van der Waals surface area contributed by atoms with E-state index < -0.39 is 30.4 Å². The molecule has 9 nitrogen and oxygen atoms in total. The van der Waals surface area contributed by atoms with Gasteiger partial charge >= 0.3 is 18.0 Å². The average molecular weight is 306 g/mol. The Morgan fingerprint density at radius 2 is 1.81 bits per heavy atom. The second-order valence-electron chi connectivity index (χ2n) is 4.20. The summed E-state index contributed by atoms with van der Waals surface area (Å²) in [5, 5.41) is 21.8. The number of urea groups is 1. The van der Waals surface area contributed by atoms with Crippen LogP contribution in [0.25, 0.3) is 0 Å². The lowest BCUT2D eigenvalue weighted by Crippen LogP contribution is -2.47. The summed E-state index contributed by atoms with van der Waals surface area (Å²) in [5.74, 6) is -2.69. The third-order valence-electron chi connectivity index (χ3n) is 2.41. The average Bonchev–Trinajstić information content (AvgIpc) is 2.40. The lowest BCUT2D eigenvalue weighted by molar-refractivity contribution is -0.145. The van der Waals surface area contributed by atoms with Crippen LogP contribution in [0.2, 0.25) is 0 Å². The maximum atomic E-state index is 11.4. The van der Waals surface area contributed by atoms with Gasteiger partial charge in [0.25, 0.3) is 0 Å². The number of amides is 2. The predicted octanol–water partition coefficient (Wildman–Crippen LogP) is -0.343. The highest BCUT2D eigenvalue weighted by Crippen LogP contribution is 1.93. The SMILES string of the molecule is COCCOCCCCNC(=O)N[C@H](CC(=O)O)C(=O)O. The van der Waals surface area contributed by atoms with Gasteiger partial charge in [-0.2, -0.15) is 0 Å². The van der Waals surface area contributed by atoms with Gasteiger partial charge in [-0.15, -0.1) is 0 Å². The highest BCUT2D eigenvalue weighted by molar-refractivity contribution is 5.86. The maximum Gasteiger partial charge on any atom is 0.326 e. The molecular formula is C12H22N2O7. The molecule has 0 spiro atoms. The van der Waals surface area contributed by atoms with Gasteiger partial charge in [-0.3, -0.25) is 4.79 Å². The first-order chi connectivity index (χ1) is 9.97. The number of unbranched alkanes of at least 4 members (excludes halogenated alkanes) is 1. The topological polar surface area (TPSA) is 134 Å². The maximum absolute atomic E-state index is 11.4. The van der Waals surface area contributed by atoms with Crippen molar-refractivity contribution in [1.29, 1.82) is 0 Å². The fourth-order valence-corrected chi connectivity index (χ4v) is 1.36. The molecular weight excluding hydrogens is 284 g/mol. The van der Waals surface area contributed by atoms with Crippen molar-refractivity contribution in [3.8, 4) is 0 Å². The molecule has 4 N–H and O–H groups in total. The first kappa shape index (κ1) is 19.1. The summed E-state index contributed by atoms with van der Waals surface area (Å²) in [7, 11) is 1.58. The van der Waals surface area contributed by atoms with E-state index in [1.165, 1.54) is 0 Å². The third kappa shape index (κ3) is 11.6. The number of carboxylic acids is 2.